The fourth-order valence-electron chi connectivity index (χ4n) is 4.17. The zero-order chi connectivity index (χ0) is 16.9. The van der Waals surface area contributed by atoms with E-state index in [0.717, 1.165) is 5.92 Å². The largest absolute Gasteiger partial charge is 0.302 e. The topological polar surface area (TPSA) is 102 Å². The first-order valence-electron chi connectivity index (χ1n) is 8.12. The maximum atomic E-state index is 12.3. The lowest BCUT2D eigenvalue weighted by molar-refractivity contribution is -0.117. The Hall–Kier alpha value is -1.51. The molecule has 0 unspecified atom stereocenters. The predicted octanol–water partition coefficient (Wildman–Crippen LogP) is 2.71. The third kappa shape index (κ3) is 3.05. The molecule has 6 nitrogen and oxygen atoms in total. The molecule has 1 aromatic heterocycles. The molecule has 3 atom stereocenters. The number of hydrogen-bond acceptors (Lipinski definition) is 5. The first-order valence-corrected chi connectivity index (χ1v) is 10.5. The summed E-state index contributed by atoms with van der Waals surface area (Å²) < 4.78 is 23.5. The molecule has 1 amide bonds. The van der Waals surface area contributed by atoms with Crippen molar-refractivity contribution in [3.05, 3.63) is 18.2 Å². The minimum Gasteiger partial charge on any atom is -0.302 e. The summed E-state index contributed by atoms with van der Waals surface area (Å²) in [4.78, 5) is 16.7. The summed E-state index contributed by atoms with van der Waals surface area (Å²) in [6.07, 6.45) is 5.61. The van der Waals surface area contributed by atoms with Crippen LogP contribution in [0.25, 0.3) is 10.2 Å². The van der Waals surface area contributed by atoms with E-state index >= 15 is 0 Å². The molecule has 4 rings (SSSR count). The smallest absolute Gasteiger partial charge is 0.238 e. The van der Waals surface area contributed by atoms with Gasteiger partial charge in [0.1, 0.15) is 0 Å². The van der Waals surface area contributed by atoms with Gasteiger partial charge in [0.15, 0.2) is 5.13 Å². The van der Waals surface area contributed by atoms with Crippen LogP contribution < -0.4 is 10.5 Å². The van der Waals surface area contributed by atoms with Gasteiger partial charge in [0.25, 0.3) is 0 Å². The van der Waals surface area contributed by atoms with Crippen LogP contribution in [0.4, 0.5) is 5.13 Å². The number of aromatic nitrogens is 1. The molecular formula is C16H19N3O3S2. The van der Waals surface area contributed by atoms with Crippen LogP contribution in [0.15, 0.2) is 23.1 Å². The second kappa shape index (κ2) is 5.79. The maximum Gasteiger partial charge on any atom is 0.238 e. The van der Waals surface area contributed by atoms with Gasteiger partial charge in [-0.15, -0.1) is 0 Å². The number of primary sulfonamides is 1. The number of nitrogens with zero attached hydrogens (tertiary/aromatic N) is 1. The zero-order valence-electron chi connectivity index (χ0n) is 13.1. The number of anilines is 1. The van der Waals surface area contributed by atoms with Crippen molar-refractivity contribution in [1.82, 2.24) is 4.98 Å². The van der Waals surface area contributed by atoms with Gasteiger partial charge in [-0.1, -0.05) is 17.8 Å². The molecule has 1 heterocycles. The zero-order valence-corrected chi connectivity index (χ0v) is 14.7. The van der Waals surface area contributed by atoms with E-state index in [4.69, 9.17) is 5.14 Å². The Bertz CT molecular complexity index is 906. The number of fused-ring (bicyclic) bond motifs is 3. The number of thiazole rings is 1. The van der Waals surface area contributed by atoms with Crippen LogP contribution >= 0.6 is 11.3 Å². The Morgan fingerprint density at radius 1 is 1.33 bits per heavy atom. The highest BCUT2D eigenvalue weighted by molar-refractivity contribution is 7.89. The van der Waals surface area contributed by atoms with E-state index in [2.05, 4.69) is 10.3 Å². The Kier molecular flexibility index (Phi) is 3.85. The number of carbonyl (C=O) groups excluding carboxylic acids is 1. The first-order chi connectivity index (χ1) is 11.4. The van der Waals surface area contributed by atoms with Crippen LogP contribution in [0.1, 0.15) is 32.1 Å². The minimum atomic E-state index is -3.74. The highest BCUT2D eigenvalue weighted by Crippen LogP contribution is 2.49. The third-order valence-corrected chi connectivity index (χ3v) is 7.11. The molecule has 24 heavy (non-hydrogen) atoms. The SMILES string of the molecule is NS(=O)(=O)c1ccc2nc(NC(=O)C[C@@H]3C[C@H]4CC[C@@H]3C4)sc2c1. The number of rotatable bonds is 4. The maximum absolute atomic E-state index is 12.3. The molecule has 2 saturated carbocycles. The molecule has 0 aliphatic heterocycles. The van der Waals surface area contributed by atoms with Gasteiger partial charge in [0, 0.05) is 6.42 Å². The van der Waals surface area contributed by atoms with E-state index in [1.54, 1.807) is 6.07 Å². The van der Waals surface area contributed by atoms with Gasteiger partial charge in [-0.05, 0) is 55.2 Å². The Morgan fingerprint density at radius 3 is 2.83 bits per heavy atom. The number of amides is 1. The number of hydrogen-bond donors (Lipinski definition) is 2. The lowest BCUT2D eigenvalue weighted by Crippen LogP contribution is -2.20. The molecule has 128 valence electrons. The number of benzene rings is 1. The number of nitrogens with two attached hydrogens (primary N) is 1. The monoisotopic (exact) mass is 365 g/mol. The van der Waals surface area contributed by atoms with Crippen LogP contribution in [0.2, 0.25) is 0 Å². The summed E-state index contributed by atoms with van der Waals surface area (Å²) in [5.41, 5.74) is 0.655. The van der Waals surface area contributed by atoms with Crippen LogP contribution in [-0.2, 0) is 14.8 Å². The lowest BCUT2D eigenvalue weighted by Gasteiger charge is -2.20. The second-order valence-corrected chi connectivity index (χ2v) is 9.47. The molecule has 1 aromatic carbocycles. The van der Waals surface area contributed by atoms with E-state index in [0.29, 0.717) is 33.6 Å². The molecule has 0 spiro atoms. The average Bonchev–Trinajstić information content (AvgIpc) is 3.18. The van der Waals surface area contributed by atoms with Crippen molar-refractivity contribution < 1.29 is 13.2 Å². The fraction of sp³-hybridized carbons (Fsp3) is 0.500. The van der Waals surface area contributed by atoms with Crippen molar-refractivity contribution in [1.29, 1.82) is 0 Å². The molecule has 2 fully saturated rings. The van der Waals surface area contributed by atoms with Crippen LogP contribution in [0.5, 0.6) is 0 Å². The van der Waals surface area contributed by atoms with Crippen molar-refractivity contribution in [3.63, 3.8) is 0 Å². The Labute approximate surface area is 144 Å². The van der Waals surface area contributed by atoms with Gasteiger partial charge in [-0.3, -0.25) is 4.79 Å². The van der Waals surface area contributed by atoms with Crippen molar-refractivity contribution >= 4 is 42.6 Å². The number of sulfonamides is 1. The van der Waals surface area contributed by atoms with Crippen molar-refractivity contribution in [2.45, 2.75) is 37.0 Å². The quantitative estimate of drug-likeness (QED) is 0.869. The summed E-state index contributed by atoms with van der Waals surface area (Å²) in [7, 11) is -3.74. The summed E-state index contributed by atoms with van der Waals surface area (Å²) >= 11 is 1.27. The normalized spacial score (nSPS) is 26.1. The van der Waals surface area contributed by atoms with E-state index in [-0.39, 0.29) is 10.8 Å². The fourth-order valence-corrected chi connectivity index (χ4v) is 5.71. The molecule has 8 heteroatoms. The summed E-state index contributed by atoms with van der Waals surface area (Å²) in [5, 5.41) is 8.51. The van der Waals surface area contributed by atoms with E-state index < -0.39 is 10.0 Å². The molecular weight excluding hydrogens is 346 g/mol. The number of nitrogens with one attached hydrogen (secondary N) is 1. The van der Waals surface area contributed by atoms with Gasteiger partial charge in [-0.25, -0.2) is 18.5 Å². The van der Waals surface area contributed by atoms with Gasteiger partial charge < -0.3 is 5.32 Å². The van der Waals surface area contributed by atoms with Crippen LogP contribution in [0, 0.1) is 17.8 Å². The first kappa shape index (κ1) is 16.0. The molecule has 2 bridgehead atoms. The Balaban J connectivity index is 1.47. The van der Waals surface area contributed by atoms with Crippen molar-refractivity contribution in [2.75, 3.05) is 5.32 Å². The summed E-state index contributed by atoms with van der Waals surface area (Å²) in [6, 6.07) is 4.53. The molecule has 2 aromatic rings. The van der Waals surface area contributed by atoms with Gasteiger partial charge in [0.2, 0.25) is 15.9 Å². The van der Waals surface area contributed by atoms with Gasteiger partial charge in [0.05, 0.1) is 15.1 Å². The van der Waals surface area contributed by atoms with Crippen LogP contribution in [0.3, 0.4) is 0 Å². The highest BCUT2D eigenvalue weighted by atomic mass is 32.2. The lowest BCUT2D eigenvalue weighted by atomic mass is 9.86. The highest BCUT2D eigenvalue weighted by Gasteiger charge is 2.40. The molecule has 0 saturated heterocycles. The molecule has 3 N–H and O–H groups in total. The van der Waals surface area contributed by atoms with Crippen molar-refractivity contribution in [2.24, 2.45) is 22.9 Å². The minimum absolute atomic E-state index is 0.00160. The van der Waals surface area contributed by atoms with Crippen LogP contribution in [-0.4, -0.2) is 19.3 Å². The molecule has 0 radical (unpaired) electrons. The predicted molar refractivity (Wildman–Crippen MR) is 93.2 cm³/mol. The molecule has 2 aliphatic carbocycles. The third-order valence-electron chi connectivity index (χ3n) is 5.27. The number of carbonyl (C=O) groups is 1. The molecule has 2 aliphatic rings. The summed E-state index contributed by atoms with van der Waals surface area (Å²) in [6.45, 7) is 0. The Morgan fingerprint density at radius 2 is 2.17 bits per heavy atom. The van der Waals surface area contributed by atoms with Crippen molar-refractivity contribution in [3.8, 4) is 0 Å². The summed E-state index contributed by atoms with van der Waals surface area (Å²) in [5.74, 6) is 2.05. The standard InChI is InChI=1S/C16H19N3O3S2/c17-24(21,22)12-3-4-13-14(8-12)23-16(18-13)19-15(20)7-11-6-9-1-2-10(11)5-9/h3-4,8-11H,1-2,5-7H2,(H2,17,21,22)(H,18,19,20)/t9-,10+,11-/m0/s1. The van der Waals surface area contributed by atoms with E-state index in [1.807, 2.05) is 0 Å². The average molecular weight is 365 g/mol. The van der Waals surface area contributed by atoms with E-state index in [9.17, 15) is 13.2 Å². The van der Waals surface area contributed by atoms with E-state index in [1.165, 1.54) is 49.2 Å². The van der Waals surface area contributed by atoms with Gasteiger partial charge >= 0.3 is 0 Å². The van der Waals surface area contributed by atoms with Gasteiger partial charge in [-0.2, -0.15) is 0 Å². The second-order valence-electron chi connectivity index (χ2n) is 6.88.